The average Bonchev–Trinajstić information content (AvgIpc) is 2.88. The molecule has 1 fully saturated rings. The van der Waals surface area contributed by atoms with Crippen LogP contribution in [0.5, 0.6) is 0 Å². The Balaban J connectivity index is 1.68. The third kappa shape index (κ3) is 3.85. The van der Waals surface area contributed by atoms with Gasteiger partial charge in [-0.15, -0.1) is 0 Å². The van der Waals surface area contributed by atoms with E-state index in [0.29, 0.717) is 12.2 Å². The van der Waals surface area contributed by atoms with Crippen LogP contribution in [0.15, 0.2) is 24.3 Å². The van der Waals surface area contributed by atoms with Crippen molar-refractivity contribution in [2.45, 2.75) is 19.4 Å². The Bertz CT molecular complexity index is 391. The Morgan fingerprint density at radius 3 is 3.18 bits per heavy atom. The van der Waals surface area contributed by atoms with Gasteiger partial charge in [0, 0.05) is 6.61 Å². The maximum Gasteiger partial charge on any atom is 0.0991 e. The summed E-state index contributed by atoms with van der Waals surface area (Å²) in [6.07, 6.45) is 2.40. The van der Waals surface area contributed by atoms with Gasteiger partial charge >= 0.3 is 0 Å². The number of hydrogen-bond acceptors (Lipinski definition) is 3. The molecule has 0 aromatic heterocycles. The second kappa shape index (κ2) is 6.39. The molecule has 1 aromatic rings. The van der Waals surface area contributed by atoms with Crippen LogP contribution in [0.2, 0.25) is 0 Å². The molecule has 0 amide bonds. The Morgan fingerprint density at radius 1 is 1.47 bits per heavy atom. The summed E-state index contributed by atoms with van der Waals surface area (Å²) >= 11 is 0. The molecule has 1 aromatic carbocycles. The fraction of sp³-hybridized carbons (Fsp3) is 0.500. The van der Waals surface area contributed by atoms with Crippen LogP contribution in [0.4, 0.5) is 0 Å². The summed E-state index contributed by atoms with van der Waals surface area (Å²) in [6.45, 7) is 3.70. The van der Waals surface area contributed by atoms with Crippen LogP contribution in [0.3, 0.4) is 0 Å². The average molecular weight is 230 g/mol. The standard InChI is InChI=1S/C14H18N2O/c15-9-13-2-1-3-14(8-13)11-17-7-5-12-4-6-16-10-12/h1-3,8,12,16H,4-7,10-11H2. The lowest BCUT2D eigenvalue weighted by Gasteiger charge is -2.08. The van der Waals surface area contributed by atoms with Crippen molar-refractivity contribution in [1.82, 2.24) is 5.32 Å². The molecule has 2 rings (SSSR count). The quantitative estimate of drug-likeness (QED) is 0.788. The Morgan fingerprint density at radius 2 is 2.41 bits per heavy atom. The second-order valence-corrected chi connectivity index (χ2v) is 4.51. The first-order valence-electron chi connectivity index (χ1n) is 6.16. The fourth-order valence-corrected chi connectivity index (χ4v) is 2.13. The normalized spacial score (nSPS) is 19.1. The van der Waals surface area contributed by atoms with Gasteiger partial charge in [-0.25, -0.2) is 0 Å². The van der Waals surface area contributed by atoms with Gasteiger partial charge in [0.15, 0.2) is 0 Å². The van der Waals surface area contributed by atoms with Gasteiger partial charge in [-0.3, -0.25) is 0 Å². The van der Waals surface area contributed by atoms with Crippen molar-refractivity contribution in [1.29, 1.82) is 5.26 Å². The Kier molecular flexibility index (Phi) is 4.54. The first kappa shape index (κ1) is 12.1. The smallest absolute Gasteiger partial charge is 0.0991 e. The predicted octanol–water partition coefficient (Wildman–Crippen LogP) is 2.07. The molecule has 0 spiro atoms. The topological polar surface area (TPSA) is 45.0 Å². The van der Waals surface area contributed by atoms with E-state index in [9.17, 15) is 0 Å². The van der Waals surface area contributed by atoms with E-state index in [1.165, 1.54) is 6.42 Å². The van der Waals surface area contributed by atoms with Crippen LogP contribution in [-0.4, -0.2) is 19.7 Å². The molecule has 17 heavy (non-hydrogen) atoms. The van der Waals surface area contributed by atoms with Crippen LogP contribution in [-0.2, 0) is 11.3 Å². The van der Waals surface area contributed by atoms with E-state index in [4.69, 9.17) is 10.00 Å². The van der Waals surface area contributed by atoms with E-state index in [1.54, 1.807) is 0 Å². The Hall–Kier alpha value is -1.37. The molecule has 90 valence electrons. The number of nitrogens with one attached hydrogen (secondary N) is 1. The molecule has 0 saturated carbocycles. The van der Waals surface area contributed by atoms with Gasteiger partial charge in [-0.05, 0) is 49.5 Å². The SMILES string of the molecule is N#Cc1cccc(COCCC2CCNC2)c1. The van der Waals surface area contributed by atoms with Crippen LogP contribution in [0.25, 0.3) is 0 Å². The number of ether oxygens (including phenoxy) is 1. The number of rotatable bonds is 5. The number of benzene rings is 1. The molecule has 1 unspecified atom stereocenters. The number of nitriles is 1. The molecule has 0 radical (unpaired) electrons. The molecule has 3 nitrogen and oxygen atoms in total. The molecule has 1 aliphatic heterocycles. The summed E-state index contributed by atoms with van der Waals surface area (Å²) in [5, 5.41) is 12.1. The third-order valence-corrected chi connectivity index (χ3v) is 3.16. The monoisotopic (exact) mass is 230 g/mol. The molecule has 1 heterocycles. The van der Waals surface area contributed by atoms with Crippen molar-refractivity contribution in [3.63, 3.8) is 0 Å². The third-order valence-electron chi connectivity index (χ3n) is 3.16. The van der Waals surface area contributed by atoms with Crippen molar-refractivity contribution in [2.24, 2.45) is 5.92 Å². The zero-order valence-corrected chi connectivity index (χ0v) is 9.98. The lowest BCUT2D eigenvalue weighted by Crippen LogP contribution is -2.10. The van der Waals surface area contributed by atoms with E-state index >= 15 is 0 Å². The zero-order chi connectivity index (χ0) is 11.9. The predicted molar refractivity (Wildman–Crippen MR) is 66.4 cm³/mol. The summed E-state index contributed by atoms with van der Waals surface area (Å²) in [5.74, 6) is 0.778. The molecular weight excluding hydrogens is 212 g/mol. The van der Waals surface area contributed by atoms with Crippen molar-refractivity contribution >= 4 is 0 Å². The van der Waals surface area contributed by atoms with Gasteiger partial charge in [0.1, 0.15) is 0 Å². The van der Waals surface area contributed by atoms with Crippen LogP contribution in [0, 0.1) is 17.2 Å². The van der Waals surface area contributed by atoms with Crippen LogP contribution >= 0.6 is 0 Å². The highest BCUT2D eigenvalue weighted by molar-refractivity contribution is 5.32. The lowest BCUT2D eigenvalue weighted by atomic mass is 10.1. The highest BCUT2D eigenvalue weighted by Crippen LogP contribution is 2.12. The zero-order valence-electron chi connectivity index (χ0n) is 9.98. The lowest BCUT2D eigenvalue weighted by molar-refractivity contribution is 0.109. The van der Waals surface area contributed by atoms with Crippen LogP contribution < -0.4 is 5.32 Å². The minimum Gasteiger partial charge on any atom is -0.377 e. The van der Waals surface area contributed by atoms with E-state index in [2.05, 4.69) is 11.4 Å². The van der Waals surface area contributed by atoms with Gasteiger partial charge in [0.25, 0.3) is 0 Å². The first-order chi connectivity index (χ1) is 8.38. The number of hydrogen-bond donors (Lipinski definition) is 1. The van der Waals surface area contributed by atoms with Crippen molar-refractivity contribution in [3.8, 4) is 6.07 Å². The molecule has 0 aliphatic carbocycles. The van der Waals surface area contributed by atoms with Gasteiger partial charge in [-0.2, -0.15) is 5.26 Å². The molecule has 3 heteroatoms. The molecule has 1 saturated heterocycles. The van der Waals surface area contributed by atoms with Crippen molar-refractivity contribution < 1.29 is 4.74 Å². The summed E-state index contributed by atoms with van der Waals surface area (Å²) in [4.78, 5) is 0. The molecule has 0 bridgehead atoms. The van der Waals surface area contributed by atoms with Crippen LogP contribution in [0.1, 0.15) is 24.0 Å². The van der Waals surface area contributed by atoms with Gasteiger partial charge in [0.2, 0.25) is 0 Å². The molecule has 1 N–H and O–H groups in total. The summed E-state index contributed by atoms with van der Waals surface area (Å²) in [5.41, 5.74) is 1.78. The van der Waals surface area contributed by atoms with Crippen molar-refractivity contribution in [2.75, 3.05) is 19.7 Å². The largest absolute Gasteiger partial charge is 0.377 e. The van der Waals surface area contributed by atoms with Gasteiger partial charge in [-0.1, -0.05) is 12.1 Å². The summed E-state index contributed by atoms with van der Waals surface area (Å²) in [7, 11) is 0. The molecule has 1 atom stereocenters. The van der Waals surface area contributed by atoms with E-state index in [0.717, 1.165) is 37.6 Å². The van der Waals surface area contributed by atoms with Crippen molar-refractivity contribution in [3.05, 3.63) is 35.4 Å². The highest BCUT2D eigenvalue weighted by Gasteiger charge is 2.13. The Labute approximate surface area is 102 Å². The second-order valence-electron chi connectivity index (χ2n) is 4.51. The maximum absolute atomic E-state index is 8.78. The number of nitrogens with zero attached hydrogens (tertiary/aromatic N) is 1. The molecular formula is C14H18N2O. The van der Waals surface area contributed by atoms with E-state index in [1.807, 2.05) is 24.3 Å². The summed E-state index contributed by atoms with van der Waals surface area (Å²) in [6, 6.07) is 9.74. The fourth-order valence-electron chi connectivity index (χ4n) is 2.13. The minimum absolute atomic E-state index is 0.607. The van der Waals surface area contributed by atoms with Gasteiger partial charge in [0.05, 0.1) is 18.2 Å². The van der Waals surface area contributed by atoms with E-state index < -0.39 is 0 Å². The summed E-state index contributed by atoms with van der Waals surface area (Å²) < 4.78 is 5.64. The van der Waals surface area contributed by atoms with Gasteiger partial charge < -0.3 is 10.1 Å². The minimum atomic E-state index is 0.607. The molecule has 1 aliphatic rings. The highest BCUT2D eigenvalue weighted by atomic mass is 16.5. The first-order valence-corrected chi connectivity index (χ1v) is 6.16. The van der Waals surface area contributed by atoms with E-state index in [-0.39, 0.29) is 0 Å². The maximum atomic E-state index is 8.78.